The van der Waals surface area contributed by atoms with Gasteiger partial charge in [0.2, 0.25) is 0 Å². The van der Waals surface area contributed by atoms with Crippen molar-refractivity contribution in [2.45, 2.75) is 439 Å². The average molecular weight is 1920 g/mol. The molecule has 142 heavy (non-hydrogen) atoms. The summed E-state index contributed by atoms with van der Waals surface area (Å²) in [6.45, 7) is 11.6. The van der Waals surface area contributed by atoms with Gasteiger partial charge in [-0.25, -0.2) is 9.97 Å². The number of pyridine rings is 6. The zero-order valence-corrected chi connectivity index (χ0v) is 89.0. The molecule has 0 atom stereocenters. The van der Waals surface area contributed by atoms with Crippen LogP contribution in [0.25, 0.3) is 80.0 Å². The average Bonchev–Trinajstić information content (AvgIpc) is 0.812. The van der Waals surface area contributed by atoms with Crippen molar-refractivity contribution in [1.82, 2.24) is 29.9 Å². The molecule has 0 radical (unpaired) electrons. The largest absolute Gasteiger partial charge is 0.493 e. The fourth-order valence-electron chi connectivity index (χ4n) is 19.4. The molecule has 10 rings (SSSR count). The minimum Gasteiger partial charge on any atom is -0.493 e. The highest BCUT2D eigenvalue weighted by Crippen LogP contribution is 2.38. The van der Waals surface area contributed by atoms with Crippen LogP contribution in [-0.2, 0) is 0 Å². The summed E-state index contributed by atoms with van der Waals surface area (Å²) < 4.78 is 28.5. The quantitative estimate of drug-likeness (QED) is 0.0207. The van der Waals surface area contributed by atoms with E-state index in [0.717, 1.165) is 176 Å². The van der Waals surface area contributed by atoms with E-state index >= 15 is 0 Å². The van der Waals surface area contributed by atoms with Crippen molar-refractivity contribution in [2.24, 2.45) is 0 Å². The van der Waals surface area contributed by atoms with Crippen LogP contribution in [0.4, 0.5) is 0 Å². The van der Waals surface area contributed by atoms with E-state index < -0.39 is 0 Å². The molecular formula is C132H182N6O4. The van der Waals surface area contributed by atoms with Gasteiger partial charge in [-0.1, -0.05) is 497 Å². The molecule has 0 aliphatic heterocycles. The Morgan fingerprint density at radius 3 is 0.599 bits per heavy atom. The Labute approximate surface area is 862 Å². The molecule has 0 aliphatic rings. The highest BCUT2D eigenvalue weighted by molar-refractivity contribution is 5.80. The normalized spacial score (nSPS) is 11.3. The zero-order chi connectivity index (χ0) is 98.7. The number of aromatic nitrogens is 6. The highest BCUT2D eigenvalue weighted by atomic mass is 16.5. The number of benzene rings is 4. The standard InChI is InChI=1S/C132H182N6O4/c1-5-9-13-17-21-25-29-33-37-41-45-49-53-57-61-73-99-139-129-109-117(131(141-101-75-63-59-55-51-47-43-39-35-31-27-23-19-15-11-7-3)107-115(129)91-85-111-81-87-113(88-82-111)119-103-125(121-77-65-69-95-133-121)137-126(104-119)122-78-66-70-96-134-122)93-94-118-110-130(140-100-74-62-58-54-50-46-42-38-34-30-26-22-18-14-10-6-2)116(108-132(118)142-102-76-64-60-56-52-48-44-40-36-32-28-24-20-16-12-8-4)92-86-112-83-89-114(90-84-112)120-105-127(123-79-67-71-97-135-123)138-128(106-120)124-80-68-72-98-136-124/h65-72,77-84,87-90,93-98,103-110H,5-64,73-76,99-102H2,1-4H3/b94-93+. The third-order valence-corrected chi connectivity index (χ3v) is 28.2. The first-order valence-electron chi connectivity index (χ1n) is 57.9. The second-order valence-corrected chi connectivity index (χ2v) is 40.5. The molecule has 0 saturated heterocycles. The third-order valence-electron chi connectivity index (χ3n) is 28.2. The highest BCUT2D eigenvalue weighted by Gasteiger charge is 2.19. The summed E-state index contributed by atoms with van der Waals surface area (Å²) in [5.74, 6) is 17.7. The molecule has 10 aromatic rings. The summed E-state index contributed by atoms with van der Waals surface area (Å²) in [6, 6.07) is 58.2. The molecule has 0 unspecified atom stereocenters. The molecule has 0 spiro atoms. The maximum absolute atomic E-state index is 7.14. The topological polar surface area (TPSA) is 114 Å². The van der Waals surface area contributed by atoms with Crippen molar-refractivity contribution >= 4 is 12.2 Å². The van der Waals surface area contributed by atoms with Crippen LogP contribution in [0.3, 0.4) is 0 Å². The molecule has 764 valence electrons. The first kappa shape index (κ1) is 114. The Morgan fingerprint density at radius 2 is 0.394 bits per heavy atom. The molecule has 6 heterocycles. The fourth-order valence-corrected chi connectivity index (χ4v) is 19.4. The number of rotatable bonds is 80. The summed E-state index contributed by atoms with van der Waals surface area (Å²) >= 11 is 0. The van der Waals surface area contributed by atoms with Crippen LogP contribution in [0, 0.1) is 23.7 Å². The van der Waals surface area contributed by atoms with Crippen molar-refractivity contribution in [3.63, 3.8) is 0 Å². The van der Waals surface area contributed by atoms with Gasteiger partial charge in [-0.05, 0) is 157 Å². The number of hydrogen-bond acceptors (Lipinski definition) is 10. The van der Waals surface area contributed by atoms with Gasteiger partial charge in [0.1, 0.15) is 23.0 Å². The Morgan fingerprint density at radius 1 is 0.190 bits per heavy atom. The second kappa shape index (κ2) is 74.7. The SMILES string of the molecule is CCCCCCCCCCCCCCCCCCOc1cc(/C=C/c2cc(OCCCCCCCCCCCCCCCCCC)c(C#Cc3ccc(-c4cc(-c5ccccn5)nc(-c5ccccn5)c4)cc3)cc2OCCCCCCCCCCCCCCCCCC)c(OCCCCCCCCCCCCCCCCCC)cc1C#Cc1ccc(-c2cc(-c3ccccn3)nc(-c3ccccn3)c2)cc1. The van der Waals surface area contributed by atoms with Crippen LogP contribution in [0.5, 0.6) is 23.0 Å². The fraction of sp³-hybridized carbons (Fsp3) is 0.545. The molecule has 0 fully saturated rings. The monoisotopic (exact) mass is 1920 g/mol. The lowest BCUT2D eigenvalue weighted by Gasteiger charge is -2.16. The van der Waals surface area contributed by atoms with Crippen LogP contribution in [0.15, 0.2) is 195 Å². The van der Waals surface area contributed by atoms with Crippen molar-refractivity contribution in [2.75, 3.05) is 26.4 Å². The van der Waals surface area contributed by atoms with E-state index in [1.54, 1.807) is 0 Å². The van der Waals surface area contributed by atoms with Crippen molar-refractivity contribution in [3.05, 3.63) is 228 Å². The molecule has 0 bridgehead atoms. The minimum absolute atomic E-state index is 0.590. The van der Waals surface area contributed by atoms with Crippen molar-refractivity contribution < 1.29 is 18.9 Å². The van der Waals surface area contributed by atoms with Gasteiger partial charge in [-0.15, -0.1) is 0 Å². The van der Waals surface area contributed by atoms with E-state index in [4.69, 9.17) is 48.9 Å². The van der Waals surface area contributed by atoms with Crippen molar-refractivity contribution in [1.29, 1.82) is 0 Å². The van der Waals surface area contributed by atoms with E-state index in [1.165, 1.54) is 360 Å². The van der Waals surface area contributed by atoms with Gasteiger partial charge in [0, 0.05) is 59.2 Å². The molecule has 0 amide bonds. The first-order chi connectivity index (χ1) is 70.4. The number of hydrogen-bond donors (Lipinski definition) is 0. The number of ether oxygens (including phenoxy) is 4. The lowest BCUT2D eigenvalue weighted by Crippen LogP contribution is -2.04. The summed E-state index contributed by atoms with van der Waals surface area (Å²) in [7, 11) is 0. The molecule has 4 aromatic carbocycles. The third kappa shape index (κ3) is 47.6. The van der Waals surface area contributed by atoms with E-state index in [-0.39, 0.29) is 0 Å². The Balaban J connectivity index is 0.951. The summed E-state index contributed by atoms with van der Waals surface area (Å²) in [6.07, 6.45) is 95.8. The number of nitrogens with zero attached hydrogens (tertiary/aromatic N) is 6. The van der Waals surface area contributed by atoms with E-state index in [1.807, 2.05) is 97.6 Å². The lowest BCUT2D eigenvalue weighted by atomic mass is 10.0. The molecule has 6 aromatic heterocycles. The maximum atomic E-state index is 7.14. The molecule has 0 saturated carbocycles. The Kier molecular flexibility index (Phi) is 59.9. The number of unbranched alkanes of at least 4 members (excludes halogenated alkanes) is 60. The first-order valence-corrected chi connectivity index (χ1v) is 57.9. The minimum atomic E-state index is 0.590. The summed E-state index contributed by atoms with van der Waals surface area (Å²) in [5.41, 5.74) is 15.8. The predicted octanol–water partition coefficient (Wildman–Crippen LogP) is 39.6. The molecule has 10 heteroatoms. The van der Waals surface area contributed by atoms with Gasteiger partial charge in [0.15, 0.2) is 0 Å². The molecule has 10 nitrogen and oxygen atoms in total. The van der Waals surface area contributed by atoms with Gasteiger partial charge < -0.3 is 18.9 Å². The van der Waals surface area contributed by atoms with Gasteiger partial charge >= 0.3 is 0 Å². The molecular weight excluding hydrogens is 1730 g/mol. The van der Waals surface area contributed by atoms with Crippen LogP contribution in [0.1, 0.15) is 472 Å². The molecule has 0 N–H and O–H groups in total. The summed E-state index contributed by atoms with van der Waals surface area (Å²) in [5, 5.41) is 0. The van der Waals surface area contributed by atoms with Crippen LogP contribution in [-0.4, -0.2) is 56.3 Å². The van der Waals surface area contributed by atoms with Gasteiger partial charge in [-0.2, -0.15) is 0 Å². The van der Waals surface area contributed by atoms with E-state index in [0.29, 0.717) is 26.4 Å². The van der Waals surface area contributed by atoms with Gasteiger partial charge in [-0.3, -0.25) is 19.9 Å². The predicted molar refractivity (Wildman–Crippen MR) is 606 cm³/mol. The Bertz CT molecular complexity index is 4640. The zero-order valence-electron chi connectivity index (χ0n) is 89.0. The van der Waals surface area contributed by atoms with Crippen molar-refractivity contribution in [3.8, 4) is 114 Å². The van der Waals surface area contributed by atoms with Crippen LogP contribution in [0.2, 0.25) is 0 Å². The van der Waals surface area contributed by atoms with Crippen LogP contribution >= 0.6 is 0 Å². The lowest BCUT2D eigenvalue weighted by molar-refractivity contribution is 0.295. The van der Waals surface area contributed by atoms with E-state index in [2.05, 4.69) is 161 Å². The summed E-state index contributed by atoms with van der Waals surface area (Å²) in [4.78, 5) is 29.0. The van der Waals surface area contributed by atoms with E-state index in [9.17, 15) is 0 Å². The smallest absolute Gasteiger partial charge is 0.135 e. The maximum Gasteiger partial charge on any atom is 0.135 e. The molecule has 0 aliphatic carbocycles. The Hall–Kier alpha value is -10.2. The van der Waals surface area contributed by atoms with Crippen LogP contribution < -0.4 is 18.9 Å². The van der Waals surface area contributed by atoms with Gasteiger partial charge in [0.05, 0.1) is 83.1 Å². The van der Waals surface area contributed by atoms with Gasteiger partial charge in [0.25, 0.3) is 0 Å². The second-order valence-electron chi connectivity index (χ2n) is 40.5.